The van der Waals surface area contributed by atoms with Crippen molar-refractivity contribution in [1.82, 2.24) is 0 Å². The number of para-hydroxylation sites is 1. The highest BCUT2D eigenvalue weighted by Gasteiger charge is 2.05. The van der Waals surface area contributed by atoms with Gasteiger partial charge in [0, 0.05) is 11.8 Å². The van der Waals surface area contributed by atoms with E-state index in [1.165, 1.54) is 18.2 Å². The Balaban J connectivity index is 1.88. The summed E-state index contributed by atoms with van der Waals surface area (Å²) in [4.78, 5) is 11.6. The van der Waals surface area contributed by atoms with Gasteiger partial charge in [-0.2, -0.15) is 0 Å². The molecule has 1 N–H and O–H groups in total. The molecule has 1 amide bonds. The molecule has 5 heteroatoms. The minimum Gasteiger partial charge on any atom is -0.484 e. The van der Waals surface area contributed by atoms with Crippen molar-refractivity contribution in [3.8, 4) is 5.75 Å². The average Bonchev–Trinajstić information content (AvgIpc) is 2.41. The van der Waals surface area contributed by atoms with Crippen molar-refractivity contribution < 1.29 is 13.9 Å². The first-order valence-electron chi connectivity index (χ1n) is 5.58. The monoisotopic (exact) mass is 279 g/mol. The maximum atomic E-state index is 12.9. The number of benzene rings is 2. The van der Waals surface area contributed by atoms with Crippen LogP contribution in [0.25, 0.3) is 0 Å². The molecule has 2 rings (SSSR count). The Morgan fingerprint density at radius 2 is 1.95 bits per heavy atom. The van der Waals surface area contributed by atoms with Crippen LogP contribution in [0.4, 0.5) is 10.1 Å². The van der Waals surface area contributed by atoms with Crippen LogP contribution >= 0.6 is 11.6 Å². The lowest BCUT2D eigenvalue weighted by Crippen LogP contribution is -2.20. The Hall–Kier alpha value is -2.07. The molecule has 0 aliphatic rings. The second kappa shape index (κ2) is 6.20. The molecule has 0 aromatic heterocycles. The summed E-state index contributed by atoms with van der Waals surface area (Å²) in [5.41, 5.74) is 0.688. The molecule has 2 aromatic carbocycles. The zero-order valence-corrected chi connectivity index (χ0v) is 10.7. The summed E-state index contributed by atoms with van der Waals surface area (Å²) in [6, 6.07) is 13.0. The quantitative estimate of drug-likeness (QED) is 0.930. The summed E-state index contributed by atoms with van der Waals surface area (Å²) in [6.07, 6.45) is 0. The van der Waals surface area contributed by atoms with Gasteiger partial charge in [-0.3, -0.25) is 4.79 Å². The van der Waals surface area contributed by atoms with Gasteiger partial charge < -0.3 is 10.1 Å². The Morgan fingerprint density at radius 1 is 1.21 bits per heavy atom. The van der Waals surface area contributed by atoms with Crippen molar-refractivity contribution in [2.45, 2.75) is 0 Å². The standard InChI is InChI=1S/C14H11ClFNO2/c15-12-8-11(6-7-13(12)16)19-9-14(18)17-10-4-2-1-3-5-10/h1-8H,9H2,(H,17,18). The van der Waals surface area contributed by atoms with Gasteiger partial charge >= 0.3 is 0 Å². The van der Waals surface area contributed by atoms with Crippen LogP contribution in [0.1, 0.15) is 0 Å². The zero-order chi connectivity index (χ0) is 13.7. The molecule has 3 nitrogen and oxygen atoms in total. The fourth-order valence-corrected chi connectivity index (χ4v) is 1.60. The molecule has 0 spiro atoms. The van der Waals surface area contributed by atoms with Crippen molar-refractivity contribution >= 4 is 23.2 Å². The van der Waals surface area contributed by atoms with Crippen LogP contribution in [0, 0.1) is 5.82 Å². The van der Waals surface area contributed by atoms with E-state index in [1.54, 1.807) is 12.1 Å². The van der Waals surface area contributed by atoms with Gasteiger partial charge in [0.25, 0.3) is 5.91 Å². The number of hydrogen-bond acceptors (Lipinski definition) is 2. The van der Waals surface area contributed by atoms with Crippen LogP contribution in [-0.2, 0) is 4.79 Å². The third-order valence-electron chi connectivity index (χ3n) is 2.32. The number of carbonyl (C=O) groups excluding carboxylic acids is 1. The van der Waals surface area contributed by atoms with E-state index in [0.717, 1.165) is 0 Å². The van der Waals surface area contributed by atoms with Gasteiger partial charge in [0.15, 0.2) is 6.61 Å². The molecule has 0 radical (unpaired) electrons. The fourth-order valence-electron chi connectivity index (χ4n) is 1.43. The molecule has 98 valence electrons. The van der Waals surface area contributed by atoms with Crippen LogP contribution in [0.2, 0.25) is 5.02 Å². The predicted molar refractivity (Wildman–Crippen MR) is 72.0 cm³/mol. The van der Waals surface area contributed by atoms with Gasteiger partial charge in [0.2, 0.25) is 0 Å². The van der Waals surface area contributed by atoms with E-state index in [4.69, 9.17) is 16.3 Å². The Morgan fingerprint density at radius 3 is 2.63 bits per heavy atom. The Kier molecular flexibility index (Phi) is 4.36. The third-order valence-corrected chi connectivity index (χ3v) is 2.61. The molecule has 0 aliphatic heterocycles. The first-order chi connectivity index (χ1) is 9.15. The lowest BCUT2D eigenvalue weighted by Gasteiger charge is -2.07. The largest absolute Gasteiger partial charge is 0.484 e. The molecular formula is C14H11ClFNO2. The summed E-state index contributed by atoms with van der Waals surface area (Å²) < 4.78 is 18.1. The van der Waals surface area contributed by atoms with Gasteiger partial charge in [-0.25, -0.2) is 4.39 Å². The number of halogens is 2. The fraction of sp³-hybridized carbons (Fsp3) is 0.0714. The molecule has 0 saturated heterocycles. The second-order valence-corrected chi connectivity index (χ2v) is 4.19. The van der Waals surface area contributed by atoms with E-state index < -0.39 is 5.82 Å². The molecule has 0 fully saturated rings. The topological polar surface area (TPSA) is 38.3 Å². The van der Waals surface area contributed by atoms with E-state index in [-0.39, 0.29) is 17.5 Å². The summed E-state index contributed by atoms with van der Waals surface area (Å²) in [5, 5.41) is 2.63. The highest BCUT2D eigenvalue weighted by Crippen LogP contribution is 2.21. The van der Waals surface area contributed by atoms with Crippen molar-refractivity contribution in [3.05, 3.63) is 59.4 Å². The maximum Gasteiger partial charge on any atom is 0.262 e. The molecule has 2 aromatic rings. The molecule has 0 atom stereocenters. The summed E-state index contributed by atoms with van der Waals surface area (Å²) in [5.74, 6) is -0.482. The second-order valence-electron chi connectivity index (χ2n) is 3.78. The molecule has 0 unspecified atom stereocenters. The number of anilines is 1. The number of hydrogen-bond donors (Lipinski definition) is 1. The van der Waals surface area contributed by atoms with Crippen LogP contribution in [0.3, 0.4) is 0 Å². The minimum absolute atomic E-state index is 0.0408. The summed E-state index contributed by atoms with van der Waals surface area (Å²) in [7, 11) is 0. The molecule has 19 heavy (non-hydrogen) atoms. The van der Waals surface area contributed by atoms with Gasteiger partial charge in [0.05, 0.1) is 5.02 Å². The summed E-state index contributed by atoms with van der Waals surface area (Å²) >= 11 is 5.60. The van der Waals surface area contributed by atoms with Crippen LogP contribution in [-0.4, -0.2) is 12.5 Å². The average molecular weight is 280 g/mol. The predicted octanol–water partition coefficient (Wildman–Crippen LogP) is 3.50. The molecule has 0 heterocycles. The normalized spacial score (nSPS) is 10.0. The van der Waals surface area contributed by atoms with E-state index in [9.17, 15) is 9.18 Å². The summed E-state index contributed by atoms with van der Waals surface area (Å²) in [6.45, 7) is -0.170. The van der Waals surface area contributed by atoms with Crippen molar-refractivity contribution in [2.24, 2.45) is 0 Å². The maximum absolute atomic E-state index is 12.9. The van der Waals surface area contributed by atoms with E-state index in [0.29, 0.717) is 11.4 Å². The SMILES string of the molecule is O=C(COc1ccc(F)c(Cl)c1)Nc1ccccc1. The van der Waals surface area contributed by atoms with E-state index >= 15 is 0 Å². The highest BCUT2D eigenvalue weighted by atomic mass is 35.5. The van der Waals surface area contributed by atoms with E-state index in [1.807, 2.05) is 18.2 Å². The van der Waals surface area contributed by atoms with Crippen molar-refractivity contribution in [2.75, 3.05) is 11.9 Å². The van der Waals surface area contributed by atoms with Crippen LogP contribution < -0.4 is 10.1 Å². The first-order valence-corrected chi connectivity index (χ1v) is 5.96. The van der Waals surface area contributed by atoms with Crippen molar-refractivity contribution in [1.29, 1.82) is 0 Å². The number of amides is 1. The molecule has 0 aliphatic carbocycles. The van der Waals surface area contributed by atoms with Gasteiger partial charge in [0.1, 0.15) is 11.6 Å². The molecular weight excluding hydrogens is 269 g/mol. The number of rotatable bonds is 4. The zero-order valence-electron chi connectivity index (χ0n) is 9.90. The van der Waals surface area contributed by atoms with Crippen molar-refractivity contribution in [3.63, 3.8) is 0 Å². The third kappa shape index (κ3) is 3.96. The Labute approximate surface area is 115 Å². The first kappa shape index (κ1) is 13.4. The van der Waals surface area contributed by atoms with Gasteiger partial charge in [-0.05, 0) is 24.3 Å². The van der Waals surface area contributed by atoms with Gasteiger partial charge in [-0.1, -0.05) is 29.8 Å². The lowest BCUT2D eigenvalue weighted by atomic mass is 10.3. The lowest BCUT2D eigenvalue weighted by molar-refractivity contribution is -0.118. The van der Waals surface area contributed by atoms with E-state index in [2.05, 4.69) is 5.32 Å². The van der Waals surface area contributed by atoms with Gasteiger partial charge in [-0.15, -0.1) is 0 Å². The number of nitrogens with one attached hydrogen (secondary N) is 1. The molecule has 0 bridgehead atoms. The van der Waals surface area contributed by atoms with Crippen LogP contribution in [0.5, 0.6) is 5.75 Å². The smallest absolute Gasteiger partial charge is 0.262 e. The minimum atomic E-state index is -0.525. The molecule has 0 saturated carbocycles. The highest BCUT2D eigenvalue weighted by molar-refractivity contribution is 6.30. The Bertz CT molecular complexity index is 575. The number of ether oxygens (including phenoxy) is 1. The van der Waals surface area contributed by atoms with Crippen LogP contribution in [0.15, 0.2) is 48.5 Å². The number of carbonyl (C=O) groups is 1.